The van der Waals surface area contributed by atoms with Gasteiger partial charge in [0.15, 0.2) is 0 Å². The van der Waals surface area contributed by atoms with Gasteiger partial charge in [-0.2, -0.15) is 4.98 Å². The van der Waals surface area contributed by atoms with Crippen molar-refractivity contribution in [3.8, 4) is 0 Å². The summed E-state index contributed by atoms with van der Waals surface area (Å²) in [7, 11) is 1.75. The van der Waals surface area contributed by atoms with Gasteiger partial charge in [-0.25, -0.2) is 0 Å². The van der Waals surface area contributed by atoms with Gasteiger partial charge in [0, 0.05) is 19.1 Å². The molecule has 0 aliphatic heterocycles. The molecule has 0 bridgehead atoms. The van der Waals surface area contributed by atoms with Crippen molar-refractivity contribution < 1.29 is 9.26 Å². The lowest BCUT2D eigenvalue weighted by Crippen LogP contribution is -2.28. The number of aromatic nitrogens is 2. The molecule has 2 saturated carbocycles. The number of nitrogens with two attached hydrogens (primary N) is 1. The average Bonchev–Trinajstić information content (AvgIpc) is 3.08. The van der Waals surface area contributed by atoms with E-state index < -0.39 is 0 Å². The van der Waals surface area contributed by atoms with Crippen molar-refractivity contribution in [2.75, 3.05) is 7.11 Å². The predicted octanol–water partition coefficient (Wildman–Crippen LogP) is 2.47. The third kappa shape index (κ3) is 2.41. The Morgan fingerprint density at radius 1 is 1.26 bits per heavy atom. The molecule has 0 radical (unpaired) electrons. The van der Waals surface area contributed by atoms with E-state index in [4.69, 9.17) is 15.0 Å². The minimum Gasteiger partial charge on any atom is -0.370 e. The van der Waals surface area contributed by atoms with E-state index in [1.807, 2.05) is 0 Å². The van der Waals surface area contributed by atoms with Gasteiger partial charge in [0.2, 0.25) is 11.7 Å². The number of ether oxygens (including phenoxy) is 1. The minimum absolute atomic E-state index is 0.275. The van der Waals surface area contributed by atoms with Crippen LogP contribution in [0.4, 0.5) is 0 Å². The van der Waals surface area contributed by atoms with Gasteiger partial charge in [0.1, 0.15) is 5.60 Å². The first kappa shape index (κ1) is 13.1. The molecule has 0 saturated heterocycles. The highest BCUT2D eigenvalue weighted by Crippen LogP contribution is 2.41. The Labute approximate surface area is 113 Å². The Morgan fingerprint density at radius 2 is 2.05 bits per heavy atom. The molecule has 1 aromatic rings. The highest BCUT2D eigenvalue weighted by atomic mass is 16.5. The van der Waals surface area contributed by atoms with Crippen molar-refractivity contribution in [3.05, 3.63) is 11.7 Å². The van der Waals surface area contributed by atoms with Crippen LogP contribution in [0.25, 0.3) is 0 Å². The normalized spacial score (nSPS) is 30.6. The van der Waals surface area contributed by atoms with E-state index in [0.29, 0.717) is 5.92 Å². The molecule has 5 heteroatoms. The Hall–Kier alpha value is -0.940. The molecule has 106 valence electrons. The van der Waals surface area contributed by atoms with Crippen molar-refractivity contribution in [1.82, 2.24) is 10.1 Å². The zero-order valence-electron chi connectivity index (χ0n) is 11.6. The molecule has 0 spiro atoms. The summed E-state index contributed by atoms with van der Waals surface area (Å²) in [6, 6.07) is 0.275. The highest BCUT2D eigenvalue weighted by molar-refractivity contribution is 5.07. The van der Waals surface area contributed by atoms with Gasteiger partial charge in [-0.15, -0.1) is 0 Å². The molecule has 1 aromatic heterocycles. The van der Waals surface area contributed by atoms with Crippen molar-refractivity contribution in [2.45, 2.75) is 68.9 Å². The van der Waals surface area contributed by atoms with Crippen LogP contribution in [0.5, 0.6) is 0 Å². The number of hydrogen-bond acceptors (Lipinski definition) is 5. The van der Waals surface area contributed by atoms with E-state index in [0.717, 1.165) is 50.2 Å². The van der Waals surface area contributed by atoms with E-state index in [-0.39, 0.29) is 11.6 Å². The summed E-state index contributed by atoms with van der Waals surface area (Å²) in [5, 5.41) is 4.19. The molecule has 2 N–H and O–H groups in total. The lowest BCUT2D eigenvalue weighted by molar-refractivity contribution is -0.0178. The van der Waals surface area contributed by atoms with Crippen molar-refractivity contribution in [1.29, 1.82) is 0 Å². The molecule has 1 heterocycles. The third-order valence-electron chi connectivity index (χ3n) is 4.72. The van der Waals surface area contributed by atoms with Crippen LogP contribution in [0.3, 0.4) is 0 Å². The fourth-order valence-electron chi connectivity index (χ4n) is 3.50. The largest absolute Gasteiger partial charge is 0.370 e. The quantitative estimate of drug-likeness (QED) is 0.908. The maximum absolute atomic E-state index is 6.03. The summed E-state index contributed by atoms with van der Waals surface area (Å²) in [4.78, 5) is 4.64. The molecular weight excluding hydrogens is 242 g/mol. The zero-order valence-corrected chi connectivity index (χ0v) is 11.6. The van der Waals surface area contributed by atoms with Gasteiger partial charge >= 0.3 is 0 Å². The Morgan fingerprint density at radius 3 is 2.74 bits per heavy atom. The molecule has 5 nitrogen and oxygen atoms in total. The summed E-state index contributed by atoms with van der Waals surface area (Å²) in [5.41, 5.74) is 5.72. The lowest BCUT2D eigenvalue weighted by Gasteiger charge is -2.24. The first-order valence-corrected chi connectivity index (χ1v) is 7.38. The molecule has 3 rings (SSSR count). The molecule has 2 aliphatic carbocycles. The van der Waals surface area contributed by atoms with Crippen LogP contribution < -0.4 is 5.73 Å². The van der Waals surface area contributed by atoms with Crippen LogP contribution in [0.2, 0.25) is 0 Å². The molecule has 2 aliphatic rings. The molecule has 0 aromatic carbocycles. The van der Waals surface area contributed by atoms with Crippen molar-refractivity contribution in [3.63, 3.8) is 0 Å². The summed E-state index contributed by atoms with van der Waals surface area (Å²) in [6.45, 7) is 0. The fraction of sp³-hybridized carbons (Fsp3) is 0.857. The van der Waals surface area contributed by atoms with E-state index in [2.05, 4.69) is 10.1 Å². The second-order valence-electron chi connectivity index (χ2n) is 5.99. The first-order chi connectivity index (χ1) is 9.23. The van der Waals surface area contributed by atoms with E-state index >= 15 is 0 Å². The van der Waals surface area contributed by atoms with Crippen molar-refractivity contribution in [2.24, 2.45) is 5.73 Å². The van der Waals surface area contributed by atoms with Crippen LogP contribution >= 0.6 is 0 Å². The number of hydrogen-bond donors (Lipinski definition) is 1. The monoisotopic (exact) mass is 265 g/mol. The summed E-state index contributed by atoms with van der Waals surface area (Å²) >= 11 is 0. The van der Waals surface area contributed by atoms with Gasteiger partial charge < -0.3 is 15.0 Å². The van der Waals surface area contributed by atoms with Crippen LogP contribution in [-0.2, 0) is 10.3 Å². The summed E-state index contributed by atoms with van der Waals surface area (Å²) < 4.78 is 11.2. The smallest absolute Gasteiger partial charge is 0.229 e. The van der Waals surface area contributed by atoms with Crippen LogP contribution in [-0.4, -0.2) is 23.3 Å². The molecular formula is C14H23N3O2. The van der Waals surface area contributed by atoms with E-state index in [1.54, 1.807) is 7.11 Å². The third-order valence-corrected chi connectivity index (χ3v) is 4.72. The minimum atomic E-state index is -0.307. The van der Waals surface area contributed by atoms with Crippen LogP contribution in [0, 0.1) is 0 Å². The Kier molecular flexibility index (Phi) is 3.58. The first-order valence-electron chi connectivity index (χ1n) is 7.38. The van der Waals surface area contributed by atoms with Gasteiger partial charge in [0.25, 0.3) is 0 Å². The topological polar surface area (TPSA) is 74.2 Å². The predicted molar refractivity (Wildman–Crippen MR) is 70.6 cm³/mol. The van der Waals surface area contributed by atoms with Crippen molar-refractivity contribution >= 4 is 0 Å². The summed E-state index contributed by atoms with van der Waals surface area (Å²) in [6.07, 6.45) is 8.66. The fourth-order valence-corrected chi connectivity index (χ4v) is 3.50. The highest BCUT2D eigenvalue weighted by Gasteiger charge is 2.40. The zero-order chi connectivity index (χ0) is 13.3. The maximum Gasteiger partial charge on any atom is 0.229 e. The SMILES string of the molecule is COC1(c2noc(C3CCCC(N)C3)n2)CCCC1. The molecule has 19 heavy (non-hydrogen) atoms. The Balaban J connectivity index is 1.79. The lowest BCUT2D eigenvalue weighted by atomic mass is 9.86. The maximum atomic E-state index is 6.03. The number of rotatable bonds is 3. The molecule has 2 unspecified atom stereocenters. The molecule has 2 fully saturated rings. The standard InChI is InChI=1S/C14H23N3O2/c1-18-14(7-2-3-8-14)13-16-12(19-17-13)10-5-4-6-11(15)9-10/h10-11H,2-9,15H2,1H3. The van der Waals surface area contributed by atoms with E-state index in [9.17, 15) is 0 Å². The molecule has 0 amide bonds. The van der Waals surface area contributed by atoms with E-state index in [1.165, 1.54) is 12.8 Å². The van der Waals surface area contributed by atoms with Gasteiger partial charge in [-0.05, 0) is 44.9 Å². The summed E-state index contributed by atoms with van der Waals surface area (Å²) in [5.74, 6) is 1.83. The van der Waals surface area contributed by atoms with Gasteiger partial charge in [0.05, 0.1) is 0 Å². The van der Waals surface area contributed by atoms with Gasteiger partial charge in [-0.1, -0.05) is 11.6 Å². The van der Waals surface area contributed by atoms with Gasteiger partial charge in [-0.3, -0.25) is 0 Å². The number of nitrogens with zero attached hydrogens (tertiary/aromatic N) is 2. The van der Waals surface area contributed by atoms with Crippen LogP contribution in [0.1, 0.15) is 69.0 Å². The van der Waals surface area contributed by atoms with Crippen LogP contribution in [0.15, 0.2) is 4.52 Å². The second-order valence-corrected chi connectivity index (χ2v) is 5.99. The molecule has 2 atom stereocenters. The second kappa shape index (κ2) is 5.21. The average molecular weight is 265 g/mol. The Bertz CT molecular complexity index is 426. The number of methoxy groups -OCH3 is 1.